The van der Waals surface area contributed by atoms with Crippen molar-refractivity contribution in [3.8, 4) is 0 Å². The van der Waals surface area contributed by atoms with Gasteiger partial charge in [-0.05, 0) is 18.3 Å². The fourth-order valence-electron chi connectivity index (χ4n) is 2.53. The van der Waals surface area contributed by atoms with Gasteiger partial charge >= 0.3 is 6.03 Å². The Hall–Kier alpha value is -0.250. The standard InChI is InChI=1S/C10H17BrN2O/c11-7-10(3-1-2-4-10)8-13-6-5-12-9(13)14/h1-8H2,(H,12,14). The van der Waals surface area contributed by atoms with Gasteiger partial charge in [0.05, 0.1) is 0 Å². The second-order valence-electron chi connectivity index (χ2n) is 4.49. The molecule has 2 rings (SSSR count). The van der Waals surface area contributed by atoms with E-state index in [1.807, 2.05) is 4.90 Å². The molecule has 0 spiro atoms. The zero-order valence-corrected chi connectivity index (χ0v) is 9.98. The Morgan fingerprint density at radius 3 is 2.64 bits per heavy atom. The van der Waals surface area contributed by atoms with Gasteiger partial charge in [0, 0.05) is 25.0 Å². The summed E-state index contributed by atoms with van der Waals surface area (Å²) in [5.74, 6) is 0. The predicted octanol–water partition coefficient (Wildman–Crippen LogP) is 1.97. The lowest BCUT2D eigenvalue weighted by atomic mass is 9.88. The van der Waals surface area contributed by atoms with Crippen LogP contribution in [0.1, 0.15) is 25.7 Å². The van der Waals surface area contributed by atoms with Gasteiger partial charge < -0.3 is 10.2 Å². The molecule has 0 atom stereocenters. The average molecular weight is 261 g/mol. The molecule has 0 bridgehead atoms. The summed E-state index contributed by atoms with van der Waals surface area (Å²) in [4.78, 5) is 13.4. The summed E-state index contributed by atoms with van der Waals surface area (Å²) < 4.78 is 0. The molecule has 2 fully saturated rings. The number of amides is 2. The number of hydrogen-bond acceptors (Lipinski definition) is 1. The number of hydrogen-bond donors (Lipinski definition) is 1. The molecule has 0 radical (unpaired) electrons. The number of carbonyl (C=O) groups is 1. The third kappa shape index (κ3) is 1.90. The number of halogens is 1. The van der Waals surface area contributed by atoms with Crippen LogP contribution in [0.25, 0.3) is 0 Å². The highest BCUT2D eigenvalue weighted by Crippen LogP contribution is 2.40. The maximum atomic E-state index is 11.4. The Labute approximate surface area is 93.4 Å². The van der Waals surface area contributed by atoms with Crippen LogP contribution in [0, 0.1) is 5.41 Å². The lowest BCUT2D eigenvalue weighted by Gasteiger charge is -2.31. The summed E-state index contributed by atoms with van der Waals surface area (Å²) in [6.07, 6.45) is 5.17. The predicted molar refractivity (Wildman–Crippen MR) is 59.7 cm³/mol. The van der Waals surface area contributed by atoms with Gasteiger partial charge in [-0.3, -0.25) is 0 Å². The van der Waals surface area contributed by atoms with Crippen molar-refractivity contribution < 1.29 is 4.79 Å². The van der Waals surface area contributed by atoms with Crippen molar-refractivity contribution in [2.24, 2.45) is 5.41 Å². The highest BCUT2D eigenvalue weighted by atomic mass is 79.9. The number of rotatable bonds is 3. The number of urea groups is 1. The smallest absolute Gasteiger partial charge is 0.317 e. The summed E-state index contributed by atoms with van der Waals surface area (Å²) in [5.41, 5.74) is 0.363. The fourth-order valence-corrected chi connectivity index (χ4v) is 3.26. The molecule has 0 aromatic heterocycles. The molecule has 2 amide bonds. The van der Waals surface area contributed by atoms with E-state index in [2.05, 4.69) is 21.2 Å². The molecule has 1 aliphatic heterocycles. The number of nitrogens with one attached hydrogen (secondary N) is 1. The van der Waals surface area contributed by atoms with Crippen LogP contribution in [0.3, 0.4) is 0 Å². The SMILES string of the molecule is O=C1NCCN1CC1(CBr)CCCC1. The van der Waals surface area contributed by atoms with Crippen molar-refractivity contribution >= 4 is 22.0 Å². The zero-order chi connectivity index (χ0) is 10.0. The number of carbonyl (C=O) groups excluding carboxylic acids is 1. The topological polar surface area (TPSA) is 32.3 Å². The van der Waals surface area contributed by atoms with E-state index in [0.29, 0.717) is 5.41 Å². The van der Waals surface area contributed by atoms with Crippen LogP contribution in [0.15, 0.2) is 0 Å². The van der Waals surface area contributed by atoms with Crippen molar-refractivity contribution in [1.82, 2.24) is 10.2 Å². The lowest BCUT2D eigenvalue weighted by molar-refractivity contribution is 0.186. The molecule has 0 aromatic rings. The van der Waals surface area contributed by atoms with E-state index in [1.165, 1.54) is 25.7 Å². The van der Waals surface area contributed by atoms with E-state index >= 15 is 0 Å². The maximum absolute atomic E-state index is 11.4. The van der Waals surface area contributed by atoms with Crippen LogP contribution in [0.2, 0.25) is 0 Å². The summed E-state index contributed by atoms with van der Waals surface area (Å²) in [5, 5.41) is 3.89. The molecule has 1 heterocycles. The first-order chi connectivity index (χ1) is 6.76. The first-order valence-electron chi connectivity index (χ1n) is 5.35. The van der Waals surface area contributed by atoms with E-state index in [4.69, 9.17) is 0 Å². The van der Waals surface area contributed by atoms with Crippen molar-refractivity contribution in [2.45, 2.75) is 25.7 Å². The van der Waals surface area contributed by atoms with Crippen LogP contribution in [0.5, 0.6) is 0 Å². The average Bonchev–Trinajstić information content (AvgIpc) is 2.79. The van der Waals surface area contributed by atoms with Gasteiger partial charge in [-0.25, -0.2) is 4.79 Å². The molecular formula is C10H17BrN2O. The third-order valence-electron chi connectivity index (χ3n) is 3.42. The number of nitrogens with zero attached hydrogens (tertiary/aromatic N) is 1. The Bertz CT molecular complexity index is 226. The summed E-state index contributed by atoms with van der Waals surface area (Å²) >= 11 is 3.60. The molecule has 0 aromatic carbocycles. The zero-order valence-electron chi connectivity index (χ0n) is 8.39. The Kier molecular flexibility index (Phi) is 3.00. The van der Waals surface area contributed by atoms with Crippen molar-refractivity contribution in [3.05, 3.63) is 0 Å². The molecule has 1 saturated heterocycles. The first-order valence-corrected chi connectivity index (χ1v) is 6.47. The fraction of sp³-hybridized carbons (Fsp3) is 0.900. The third-order valence-corrected chi connectivity index (χ3v) is 4.61. The summed E-state index contributed by atoms with van der Waals surface area (Å²) in [6, 6.07) is 0.122. The van der Waals surface area contributed by atoms with Crippen molar-refractivity contribution in [1.29, 1.82) is 0 Å². The van der Waals surface area contributed by atoms with Gasteiger partial charge in [-0.15, -0.1) is 0 Å². The molecule has 80 valence electrons. The normalized spacial score (nSPS) is 25.5. The van der Waals surface area contributed by atoms with E-state index in [9.17, 15) is 4.79 Å². The van der Waals surface area contributed by atoms with Gasteiger partial charge in [-0.2, -0.15) is 0 Å². The van der Waals surface area contributed by atoms with Crippen LogP contribution < -0.4 is 5.32 Å². The molecule has 3 nitrogen and oxygen atoms in total. The van der Waals surface area contributed by atoms with Crippen LogP contribution in [0.4, 0.5) is 4.79 Å². The Morgan fingerprint density at radius 2 is 2.14 bits per heavy atom. The Balaban J connectivity index is 1.96. The number of alkyl halides is 1. The summed E-state index contributed by atoms with van der Waals surface area (Å²) in [7, 11) is 0. The van der Waals surface area contributed by atoms with Gasteiger partial charge in [0.1, 0.15) is 0 Å². The van der Waals surface area contributed by atoms with Gasteiger partial charge in [0.2, 0.25) is 0 Å². The first kappa shape index (κ1) is 10.3. The highest BCUT2D eigenvalue weighted by Gasteiger charge is 2.36. The molecule has 1 saturated carbocycles. The second kappa shape index (κ2) is 4.09. The van der Waals surface area contributed by atoms with Gasteiger partial charge in [0.25, 0.3) is 0 Å². The van der Waals surface area contributed by atoms with Crippen molar-refractivity contribution in [2.75, 3.05) is 25.0 Å². The largest absolute Gasteiger partial charge is 0.336 e. The minimum atomic E-state index is 0.122. The van der Waals surface area contributed by atoms with E-state index in [0.717, 1.165) is 25.0 Å². The van der Waals surface area contributed by atoms with E-state index in [-0.39, 0.29) is 6.03 Å². The summed E-state index contributed by atoms with van der Waals surface area (Å²) in [6.45, 7) is 2.63. The van der Waals surface area contributed by atoms with E-state index in [1.54, 1.807) is 0 Å². The molecular weight excluding hydrogens is 244 g/mol. The molecule has 4 heteroatoms. The second-order valence-corrected chi connectivity index (χ2v) is 5.05. The lowest BCUT2D eigenvalue weighted by Crippen LogP contribution is -2.39. The van der Waals surface area contributed by atoms with E-state index < -0.39 is 0 Å². The van der Waals surface area contributed by atoms with Crippen LogP contribution >= 0.6 is 15.9 Å². The van der Waals surface area contributed by atoms with Crippen LogP contribution in [-0.2, 0) is 0 Å². The van der Waals surface area contributed by atoms with Crippen molar-refractivity contribution in [3.63, 3.8) is 0 Å². The van der Waals surface area contributed by atoms with Crippen LogP contribution in [-0.4, -0.2) is 35.9 Å². The minimum Gasteiger partial charge on any atom is -0.336 e. The molecule has 1 N–H and O–H groups in total. The molecule has 2 aliphatic rings. The van der Waals surface area contributed by atoms with Gasteiger partial charge in [-0.1, -0.05) is 28.8 Å². The molecule has 1 aliphatic carbocycles. The quantitative estimate of drug-likeness (QED) is 0.774. The molecule has 14 heavy (non-hydrogen) atoms. The van der Waals surface area contributed by atoms with Gasteiger partial charge in [0.15, 0.2) is 0 Å². The minimum absolute atomic E-state index is 0.122. The highest BCUT2D eigenvalue weighted by molar-refractivity contribution is 9.09. The maximum Gasteiger partial charge on any atom is 0.317 e. The monoisotopic (exact) mass is 260 g/mol. The Morgan fingerprint density at radius 1 is 1.43 bits per heavy atom. The molecule has 0 unspecified atom stereocenters.